The Morgan fingerprint density at radius 3 is 2.27 bits per heavy atom. The Kier molecular flexibility index (Phi) is 7.02. The highest BCUT2D eigenvalue weighted by Crippen LogP contribution is 2.39. The molecule has 0 radical (unpaired) electrons. The molecule has 2 aliphatic heterocycles. The van der Waals surface area contributed by atoms with Gasteiger partial charge in [-0.1, -0.05) is 23.7 Å². The van der Waals surface area contributed by atoms with Crippen LogP contribution in [0.4, 0.5) is 5.69 Å². The van der Waals surface area contributed by atoms with Crippen molar-refractivity contribution in [3.05, 3.63) is 70.3 Å². The number of nitrogens with zero attached hydrogens (tertiary/aromatic N) is 3. The number of amides is 1. The number of rotatable bonds is 6. The molecule has 2 heterocycles. The number of anilines is 1. The molecule has 0 saturated carbocycles. The first-order valence-electron chi connectivity index (χ1n) is 11.0. The molecule has 7 nitrogen and oxygen atoms in total. The molecule has 0 aromatic heterocycles. The number of hydrogen-bond donors (Lipinski definition) is 1. The molecule has 4 rings (SSSR count). The lowest BCUT2D eigenvalue weighted by atomic mass is 9.95. The highest BCUT2D eigenvalue weighted by Gasteiger charge is 2.46. The van der Waals surface area contributed by atoms with Gasteiger partial charge in [-0.25, -0.2) is 0 Å². The van der Waals surface area contributed by atoms with Crippen LogP contribution in [-0.2, 0) is 14.3 Å². The van der Waals surface area contributed by atoms with E-state index < -0.39 is 17.7 Å². The van der Waals surface area contributed by atoms with E-state index in [1.807, 2.05) is 43.3 Å². The molecule has 2 aromatic rings. The van der Waals surface area contributed by atoms with Gasteiger partial charge < -0.3 is 19.6 Å². The first-order valence-corrected chi connectivity index (χ1v) is 11.4. The first kappa shape index (κ1) is 23.3. The van der Waals surface area contributed by atoms with Crippen molar-refractivity contribution in [1.82, 2.24) is 9.80 Å². The number of ether oxygens (including phenoxy) is 1. The fourth-order valence-electron chi connectivity index (χ4n) is 4.25. The van der Waals surface area contributed by atoms with E-state index >= 15 is 0 Å². The molecule has 2 aliphatic rings. The number of Topliss-reactive ketones (excluding diaryl/α,β-unsaturated/α-hetero) is 1. The summed E-state index contributed by atoms with van der Waals surface area (Å²) in [6.07, 6.45) is 0. The summed E-state index contributed by atoms with van der Waals surface area (Å²) in [6, 6.07) is 13.6. The van der Waals surface area contributed by atoms with Crippen LogP contribution in [0.15, 0.2) is 54.1 Å². The van der Waals surface area contributed by atoms with E-state index in [1.54, 1.807) is 29.2 Å². The molecular weight excluding hydrogens is 442 g/mol. The van der Waals surface area contributed by atoms with E-state index in [0.717, 1.165) is 24.3 Å². The number of aliphatic hydroxyl groups excluding tert-OH is 1. The lowest BCUT2D eigenvalue weighted by molar-refractivity contribution is -0.140. The van der Waals surface area contributed by atoms with Crippen molar-refractivity contribution in [3.8, 4) is 0 Å². The van der Waals surface area contributed by atoms with Crippen molar-refractivity contribution >= 4 is 34.7 Å². The predicted molar refractivity (Wildman–Crippen MR) is 128 cm³/mol. The zero-order chi connectivity index (χ0) is 23.5. The Morgan fingerprint density at radius 1 is 1.03 bits per heavy atom. The average molecular weight is 470 g/mol. The topological polar surface area (TPSA) is 73.3 Å². The Balaban J connectivity index is 1.73. The van der Waals surface area contributed by atoms with Gasteiger partial charge in [-0.05, 0) is 42.0 Å². The lowest BCUT2D eigenvalue weighted by Crippen LogP contribution is -2.42. The summed E-state index contributed by atoms with van der Waals surface area (Å²) < 4.78 is 5.41. The molecule has 33 heavy (non-hydrogen) atoms. The summed E-state index contributed by atoms with van der Waals surface area (Å²) in [6.45, 7) is 3.90. The number of morpholine rings is 1. The quantitative estimate of drug-likeness (QED) is 0.398. The summed E-state index contributed by atoms with van der Waals surface area (Å²) in [5.74, 6) is -1.47. The minimum absolute atomic E-state index is 0.0990. The maximum atomic E-state index is 13.1. The van der Waals surface area contributed by atoms with Gasteiger partial charge in [-0.15, -0.1) is 0 Å². The Labute approximate surface area is 198 Å². The van der Waals surface area contributed by atoms with E-state index in [-0.39, 0.29) is 11.3 Å². The van der Waals surface area contributed by atoms with E-state index in [9.17, 15) is 14.7 Å². The summed E-state index contributed by atoms with van der Waals surface area (Å²) in [5.41, 5.74) is 2.32. The average Bonchev–Trinajstić information content (AvgIpc) is 3.08. The molecule has 8 heteroatoms. The number of aliphatic hydroxyl groups is 1. The van der Waals surface area contributed by atoms with Crippen molar-refractivity contribution in [2.45, 2.75) is 6.04 Å². The van der Waals surface area contributed by atoms with Crippen LogP contribution in [0.2, 0.25) is 5.02 Å². The maximum Gasteiger partial charge on any atom is 0.295 e. The molecular formula is C25H28ClN3O4. The first-order chi connectivity index (χ1) is 15.9. The van der Waals surface area contributed by atoms with Gasteiger partial charge in [0.25, 0.3) is 11.7 Å². The molecule has 2 fully saturated rings. The predicted octanol–water partition coefficient (Wildman–Crippen LogP) is 3.16. The highest BCUT2D eigenvalue weighted by molar-refractivity contribution is 6.46. The third-order valence-corrected chi connectivity index (χ3v) is 6.40. The van der Waals surface area contributed by atoms with E-state index in [0.29, 0.717) is 36.9 Å². The molecule has 1 amide bonds. The smallest absolute Gasteiger partial charge is 0.295 e. The van der Waals surface area contributed by atoms with E-state index in [2.05, 4.69) is 4.90 Å². The minimum atomic E-state index is -0.675. The van der Waals surface area contributed by atoms with Crippen molar-refractivity contribution < 1.29 is 19.4 Å². The molecule has 1 atom stereocenters. The van der Waals surface area contributed by atoms with Crippen molar-refractivity contribution in [1.29, 1.82) is 0 Å². The van der Waals surface area contributed by atoms with Gasteiger partial charge in [-0.3, -0.25) is 14.5 Å². The van der Waals surface area contributed by atoms with Crippen LogP contribution in [0, 0.1) is 0 Å². The largest absolute Gasteiger partial charge is 0.507 e. The van der Waals surface area contributed by atoms with Crippen LogP contribution in [0.25, 0.3) is 5.76 Å². The van der Waals surface area contributed by atoms with Crippen LogP contribution in [0.1, 0.15) is 17.2 Å². The van der Waals surface area contributed by atoms with E-state index in [1.165, 1.54) is 0 Å². The molecule has 0 spiro atoms. The van der Waals surface area contributed by atoms with Gasteiger partial charge in [0.05, 0.1) is 24.8 Å². The van der Waals surface area contributed by atoms with Crippen LogP contribution in [0.5, 0.6) is 0 Å². The van der Waals surface area contributed by atoms with Crippen molar-refractivity contribution in [3.63, 3.8) is 0 Å². The third-order valence-electron chi connectivity index (χ3n) is 6.14. The lowest BCUT2D eigenvalue weighted by Gasteiger charge is -2.31. The van der Waals surface area contributed by atoms with Crippen LogP contribution >= 0.6 is 11.6 Å². The SMILES string of the molecule is CN(C)c1ccc([C@H]2C(=C(O)c3ccc(Cl)cc3)C(=O)C(=O)N2CCN2CCOCC2)cc1. The fraction of sp³-hybridized carbons (Fsp3) is 0.360. The highest BCUT2D eigenvalue weighted by atomic mass is 35.5. The van der Waals surface area contributed by atoms with Crippen molar-refractivity contribution in [2.75, 3.05) is 58.4 Å². The third kappa shape index (κ3) is 4.90. The molecule has 1 N–H and O–H groups in total. The van der Waals surface area contributed by atoms with Gasteiger partial charge in [0.1, 0.15) is 5.76 Å². The number of ketones is 1. The molecule has 0 bridgehead atoms. The number of carbonyl (C=O) groups excluding carboxylic acids is 2. The van der Waals surface area contributed by atoms with Crippen molar-refractivity contribution in [2.24, 2.45) is 0 Å². The standard InChI is InChI=1S/C25H28ClN3O4/c1-27(2)20-9-5-17(6-10-20)22-21(23(30)18-3-7-19(26)8-4-18)24(31)25(32)29(22)12-11-28-13-15-33-16-14-28/h3-10,22,30H,11-16H2,1-2H3/t22-/m0/s1. The second-order valence-corrected chi connectivity index (χ2v) is 8.88. The zero-order valence-electron chi connectivity index (χ0n) is 18.8. The monoisotopic (exact) mass is 469 g/mol. The van der Waals surface area contributed by atoms with Gasteiger partial charge in [-0.2, -0.15) is 0 Å². The Hall–Kier alpha value is -2.87. The number of likely N-dealkylation sites (tertiary alicyclic amines) is 1. The Morgan fingerprint density at radius 2 is 1.67 bits per heavy atom. The molecule has 2 saturated heterocycles. The van der Waals surface area contributed by atoms with Crippen LogP contribution in [-0.4, -0.2) is 80.1 Å². The summed E-state index contributed by atoms with van der Waals surface area (Å²) in [7, 11) is 3.90. The summed E-state index contributed by atoms with van der Waals surface area (Å²) >= 11 is 5.99. The second kappa shape index (κ2) is 9.95. The number of hydrogen-bond acceptors (Lipinski definition) is 6. The van der Waals surface area contributed by atoms with Gasteiger partial charge in [0.15, 0.2) is 0 Å². The second-order valence-electron chi connectivity index (χ2n) is 8.44. The van der Waals surface area contributed by atoms with E-state index in [4.69, 9.17) is 16.3 Å². The molecule has 2 aromatic carbocycles. The zero-order valence-corrected chi connectivity index (χ0v) is 19.6. The number of carbonyl (C=O) groups is 2. The Bertz CT molecular complexity index is 1040. The van der Waals surface area contributed by atoms with Gasteiger partial charge in [0.2, 0.25) is 0 Å². The number of benzene rings is 2. The fourth-order valence-corrected chi connectivity index (χ4v) is 4.38. The van der Waals surface area contributed by atoms with Crippen LogP contribution < -0.4 is 4.90 Å². The molecule has 0 unspecified atom stereocenters. The normalized spacial score (nSPS) is 20.9. The minimum Gasteiger partial charge on any atom is -0.507 e. The summed E-state index contributed by atoms with van der Waals surface area (Å²) in [4.78, 5) is 32.0. The number of halogens is 1. The van der Waals surface area contributed by atoms with Gasteiger partial charge in [0, 0.05) is 56.5 Å². The molecule has 174 valence electrons. The summed E-state index contributed by atoms with van der Waals surface area (Å²) in [5, 5.41) is 11.6. The van der Waals surface area contributed by atoms with Gasteiger partial charge >= 0.3 is 0 Å². The molecule has 0 aliphatic carbocycles. The van der Waals surface area contributed by atoms with Crippen LogP contribution in [0.3, 0.4) is 0 Å². The maximum absolute atomic E-state index is 13.1.